The van der Waals surface area contributed by atoms with Crippen LogP contribution in [-0.2, 0) is 0 Å². The van der Waals surface area contributed by atoms with Gasteiger partial charge in [-0.2, -0.15) is 5.26 Å². The highest BCUT2D eigenvalue weighted by atomic mass is 79.9. The Balaban J connectivity index is 2.63. The molecule has 1 aromatic heterocycles. The first-order chi connectivity index (χ1) is 9.15. The van der Waals surface area contributed by atoms with Crippen LogP contribution in [0.5, 0.6) is 0 Å². The van der Waals surface area contributed by atoms with Gasteiger partial charge in [0, 0.05) is 23.5 Å². The maximum absolute atomic E-state index is 14.0. The van der Waals surface area contributed by atoms with Crippen LogP contribution in [0, 0.1) is 17.1 Å². The van der Waals surface area contributed by atoms with Crippen LogP contribution in [0.3, 0.4) is 0 Å². The highest BCUT2D eigenvalue weighted by Crippen LogP contribution is 2.32. The van der Waals surface area contributed by atoms with Crippen molar-refractivity contribution < 1.29 is 4.39 Å². The number of pyridine rings is 1. The van der Waals surface area contributed by atoms with Crippen LogP contribution in [0.1, 0.15) is 11.1 Å². The molecule has 1 aromatic carbocycles. The van der Waals surface area contributed by atoms with Crippen LogP contribution in [0.15, 0.2) is 47.2 Å². The molecule has 0 unspecified atom stereocenters. The second-order valence-corrected chi connectivity index (χ2v) is 4.88. The van der Waals surface area contributed by atoms with Crippen LogP contribution in [0.25, 0.3) is 10.6 Å². The third kappa shape index (κ3) is 2.83. The first-order valence-electron chi connectivity index (χ1n) is 5.29. The average molecular weight is 338 g/mol. The van der Waals surface area contributed by atoms with Crippen molar-refractivity contribution in [1.82, 2.24) is 4.98 Å². The zero-order chi connectivity index (χ0) is 13.8. The summed E-state index contributed by atoms with van der Waals surface area (Å²) in [5, 5.41) is 9.28. The zero-order valence-electron chi connectivity index (χ0n) is 9.57. The van der Waals surface area contributed by atoms with Crippen molar-refractivity contribution in [1.29, 1.82) is 5.26 Å². The Morgan fingerprint density at radius 1 is 1.32 bits per heavy atom. The third-order valence-electron chi connectivity index (χ3n) is 2.47. The fourth-order valence-corrected chi connectivity index (χ4v) is 2.22. The number of rotatable bonds is 2. The first kappa shape index (κ1) is 13.7. The molecule has 0 saturated heterocycles. The molecule has 2 aromatic rings. The third-order valence-corrected chi connectivity index (χ3v) is 3.47. The molecule has 0 fully saturated rings. The molecule has 0 saturated carbocycles. The lowest BCUT2D eigenvalue weighted by Crippen LogP contribution is -1.91. The number of hydrogen-bond donors (Lipinski definition) is 0. The van der Waals surface area contributed by atoms with Crippen molar-refractivity contribution >= 4 is 38.1 Å². The first-order valence-corrected chi connectivity index (χ1v) is 6.47. The average Bonchev–Trinajstić information content (AvgIpc) is 2.44. The van der Waals surface area contributed by atoms with Gasteiger partial charge in [-0.1, -0.05) is 29.8 Å². The Morgan fingerprint density at radius 2 is 2.11 bits per heavy atom. The maximum Gasteiger partial charge on any atom is 0.146 e. The van der Waals surface area contributed by atoms with Gasteiger partial charge in [0.05, 0.1) is 15.1 Å². The molecule has 0 bridgehead atoms. The van der Waals surface area contributed by atoms with E-state index in [1.807, 2.05) is 6.07 Å². The van der Waals surface area contributed by atoms with Gasteiger partial charge in [-0.25, -0.2) is 4.39 Å². The molecule has 0 aliphatic rings. The van der Waals surface area contributed by atoms with E-state index in [1.54, 1.807) is 30.5 Å². The predicted molar refractivity (Wildman–Crippen MR) is 76.6 cm³/mol. The molecule has 5 heteroatoms. The molecule has 0 atom stereocenters. The fourth-order valence-electron chi connectivity index (χ4n) is 1.56. The van der Waals surface area contributed by atoms with Crippen LogP contribution in [0.4, 0.5) is 4.39 Å². The Bertz CT molecular complexity index is 678. The SMILES string of the molecule is N#C/C(=C(\Cl)c1cccc(Br)c1F)c1cccnc1. The molecule has 94 valence electrons. The number of benzene rings is 1. The number of hydrogen-bond acceptors (Lipinski definition) is 2. The van der Waals surface area contributed by atoms with Crippen molar-refractivity contribution in [3.05, 3.63) is 64.1 Å². The summed E-state index contributed by atoms with van der Waals surface area (Å²) in [6.45, 7) is 0. The van der Waals surface area contributed by atoms with E-state index >= 15 is 0 Å². The molecule has 1 heterocycles. The van der Waals surface area contributed by atoms with Crippen molar-refractivity contribution in [2.45, 2.75) is 0 Å². The van der Waals surface area contributed by atoms with Gasteiger partial charge in [0.25, 0.3) is 0 Å². The number of nitrogens with zero attached hydrogens (tertiary/aromatic N) is 2. The van der Waals surface area contributed by atoms with E-state index in [9.17, 15) is 9.65 Å². The lowest BCUT2D eigenvalue weighted by atomic mass is 10.1. The van der Waals surface area contributed by atoms with E-state index in [0.29, 0.717) is 10.0 Å². The van der Waals surface area contributed by atoms with Gasteiger partial charge >= 0.3 is 0 Å². The standard InChI is InChI=1S/C14H7BrClFN2/c15-12-5-1-4-10(14(12)17)13(16)11(7-18)9-3-2-6-19-8-9/h1-6,8H/b13-11+. The predicted octanol–water partition coefficient (Wildman–Crippen LogP) is 4.61. The lowest BCUT2D eigenvalue weighted by molar-refractivity contribution is 0.618. The molecule has 0 spiro atoms. The van der Waals surface area contributed by atoms with Gasteiger partial charge in [0.2, 0.25) is 0 Å². The molecule has 0 aliphatic heterocycles. The van der Waals surface area contributed by atoms with Gasteiger partial charge in [-0.05, 0) is 28.1 Å². The summed E-state index contributed by atoms with van der Waals surface area (Å²) in [7, 11) is 0. The second-order valence-electron chi connectivity index (χ2n) is 3.64. The lowest BCUT2D eigenvalue weighted by Gasteiger charge is -2.06. The molecular weight excluding hydrogens is 331 g/mol. The van der Waals surface area contributed by atoms with E-state index < -0.39 is 5.82 Å². The highest BCUT2D eigenvalue weighted by Gasteiger charge is 2.14. The quantitative estimate of drug-likeness (QED) is 0.750. The summed E-state index contributed by atoms with van der Waals surface area (Å²) < 4.78 is 14.3. The monoisotopic (exact) mass is 336 g/mol. The largest absolute Gasteiger partial charge is 0.264 e. The van der Waals surface area contributed by atoms with Gasteiger partial charge in [0.15, 0.2) is 0 Å². The van der Waals surface area contributed by atoms with Gasteiger partial charge in [-0.15, -0.1) is 0 Å². The Labute approximate surface area is 123 Å². The molecule has 0 radical (unpaired) electrons. The summed E-state index contributed by atoms with van der Waals surface area (Å²) in [5.74, 6) is -0.496. The summed E-state index contributed by atoms with van der Waals surface area (Å²) in [6.07, 6.45) is 3.10. The zero-order valence-corrected chi connectivity index (χ0v) is 11.9. The summed E-state index contributed by atoms with van der Waals surface area (Å²) in [6, 6.07) is 10.1. The molecule has 2 nitrogen and oxygen atoms in total. The number of aromatic nitrogens is 1. The van der Waals surface area contributed by atoms with E-state index in [2.05, 4.69) is 20.9 Å². The van der Waals surface area contributed by atoms with Gasteiger partial charge < -0.3 is 0 Å². The smallest absolute Gasteiger partial charge is 0.146 e. The van der Waals surface area contributed by atoms with Crippen LogP contribution >= 0.6 is 27.5 Å². The van der Waals surface area contributed by atoms with Crippen LogP contribution in [0.2, 0.25) is 0 Å². The van der Waals surface area contributed by atoms with Crippen molar-refractivity contribution in [2.75, 3.05) is 0 Å². The summed E-state index contributed by atoms with van der Waals surface area (Å²) in [4.78, 5) is 3.92. The van der Waals surface area contributed by atoms with Crippen molar-refractivity contribution in [2.24, 2.45) is 0 Å². The number of allylic oxidation sites excluding steroid dienone is 1. The topological polar surface area (TPSA) is 36.7 Å². The Hall–Kier alpha value is -1.70. The fraction of sp³-hybridized carbons (Fsp3) is 0. The van der Waals surface area contributed by atoms with Crippen LogP contribution in [-0.4, -0.2) is 4.98 Å². The molecular formula is C14H7BrClFN2. The van der Waals surface area contributed by atoms with Gasteiger partial charge in [0.1, 0.15) is 11.9 Å². The van der Waals surface area contributed by atoms with Crippen molar-refractivity contribution in [3.63, 3.8) is 0 Å². The summed E-state index contributed by atoms with van der Waals surface area (Å²) >= 11 is 9.24. The van der Waals surface area contributed by atoms with E-state index in [0.717, 1.165) is 0 Å². The normalized spacial score (nSPS) is 11.7. The van der Waals surface area contributed by atoms with Crippen molar-refractivity contribution in [3.8, 4) is 6.07 Å². The van der Waals surface area contributed by atoms with Gasteiger partial charge in [-0.3, -0.25) is 4.98 Å². The number of halogens is 3. The number of nitriles is 1. The molecule has 0 amide bonds. The summed E-state index contributed by atoms with van der Waals surface area (Å²) in [5.41, 5.74) is 0.914. The molecule has 19 heavy (non-hydrogen) atoms. The minimum atomic E-state index is -0.496. The van der Waals surface area contributed by atoms with E-state index in [1.165, 1.54) is 12.3 Å². The second kappa shape index (κ2) is 5.96. The molecule has 0 aliphatic carbocycles. The van der Waals surface area contributed by atoms with E-state index in [4.69, 9.17) is 11.6 Å². The Morgan fingerprint density at radius 3 is 2.74 bits per heavy atom. The maximum atomic E-state index is 14.0. The Kier molecular flexibility index (Phi) is 4.31. The molecule has 2 rings (SSSR count). The van der Waals surface area contributed by atoms with E-state index in [-0.39, 0.29) is 16.2 Å². The molecule has 0 N–H and O–H groups in total. The minimum absolute atomic E-state index is 0.0642. The van der Waals surface area contributed by atoms with Crippen LogP contribution < -0.4 is 0 Å². The highest BCUT2D eigenvalue weighted by molar-refractivity contribution is 9.10. The minimum Gasteiger partial charge on any atom is -0.264 e.